The zero-order valence-corrected chi connectivity index (χ0v) is 3.62. The zero-order valence-electron chi connectivity index (χ0n) is 3.62. The Hall–Kier alpha value is -1.39. The van der Waals surface area contributed by atoms with Crippen LogP contribution in [0.4, 0.5) is 11.4 Å². The fraction of sp³-hybridized carbons (Fsp3) is 0. The van der Waals surface area contributed by atoms with Crippen LogP contribution < -0.4 is 5.43 Å². The van der Waals surface area contributed by atoms with Crippen LogP contribution in [-0.4, -0.2) is 0 Å². The molecule has 0 fully saturated rings. The summed E-state index contributed by atoms with van der Waals surface area (Å²) in [5.41, 5.74) is -1.30. The lowest BCUT2D eigenvalue weighted by Crippen LogP contribution is -1.67. The molecule has 0 heterocycles. The molecule has 0 aromatic heterocycles. The first-order valence-electron chi connectivity index (χ1n) is 1.77. The molecule has 0 radical (unpaired) electrons. The Bertz CT molecular complexity index is 221. The number of hydrogen-bond donors (Lipinski definition) is 0. The van der Waals surface area contributed by atoms with Gasteiger partial charge >= 0.3 is 0 Å². The maximum atomic E-state index is 10.0. The molecule has 0 spiro atoms. The van der Waals surface area contributed by atoms with Crippen LogP contribution in [0.2, 0.25) is 0 Å². The van der Waals surface area contributed by atoms with Gasteiger partial charge < -0.3 is 0 Å². The summed E-state index contributed by atoms with van der Waals surface area (Å²) in [5.74, 6) is 0. The number of rotatable bonds is 2. The lowest BCUT2D eigenvalue weighted by atomic mass is 10.9. The third kappa shape index (κ3) is 0.378. The van der Waals surface area contributed by atoms with E-state index in [0.29, 0.717) is 0 Å². The highest BCUT2D eigenvalue weighted by molar-refractivity contribution is 5.76. The van der Waals surface area contributed by atoms with E-state index in [1.54, 1.807) is 0 Å². The van der Waals surface area contributed by atoms with Gasteiger partial charge in [-0.1, -0.05) is 0 Å². The van der Waals surface area contributed by atoms with E-state index in [2.05, 4.69) is 10.4 Å². The Labute approximate surface area is 43.0 Å². The second-order valence-electron chi connectivity index (χ2n) is 1.21. The number of nitrogens with zero attached hydrogens (tertiary/aromatic N) is 2. The quantitative estimate of drug-likeness (QED) is 0.529. The second-order valence-corrected chi connectivity index (χ2v) is 1.21. The zero-order chi connectivity index (χ0) is 6.15. The first-order chi connectivity index (χ1) is 3.81. The summed E-state index contributed by atoms with van der Waals surface area (Å²) in [7, 11) is 0. The molecular formula is C3N2O3. The van der Waals surface area contributed by atoms with Gasteiger partial charge in [0.1, 0.15) is 0 Å². The van der Waals surface area contributed by atoms with Crippen molar-refractivity contribution < 1.29 is 0 Å². The summed E-state index contributed by atoms with van der Waals surface area (Å²) in [6.07, 6.45) is 0. The Morgan fingerprint density at radius 3 is 1.50 bits per heavy atom. The Kier molecular flexibility index (Phi) is 0.768. The van der Waals surface area contributed by atoms with Crippen LogP contribution in [0, 0.1) is 9.81 Å². The van der Waals surface area contributed by atoms with Gasteiger partial charge in [0.15, 0.2) is 11.4 Å². The fourth-order valence-electron chi connectivity index (χ4n) is 0.321. The number of nitroso groups, excluding NO2 is 2. The topological polar surface area (TPSA) is 75.9 Å². The first-order valence-corrected chi connectivity index (χ1v) is 1.77. The molecule has 5 nitrogen and oxygen atoms in total. The minimum Gasteiger partial charge on any atom is -0.285 e. The van der Waals surface area contributed by atoms with E-state index < -0.39 is 5.43 Å². The molecule has 5 heteroatoms. The molecule has 0 N–H and O–H groups in total. The average Bonchev–Trinajstić information content (AvgIpc) is 2.40. The van der Waals surface area contributed by atoms with E-state index in [-0.39, 0.29) is 11.4 Å². The normalized spacial score (nSPS) is 9.50. The monoisotopic (exact) mass is 112 g/mol. The minimum absolute atomic E-state index is 0.333. The summed E-state index contributed by atoms with van der Waals surface area (Å²) in [4.78, 5) is 28.9. The van der Waals surface area contributed by atoms with Crippen LogP contribution in [0.3, 0.4) is 0 Å². The SMILES string of the molecule is O=Nc1c(N=O)c1=O. The summed E-state index contributed by atoms with van der Waals surface area (Å²) in [6.45, 7) is 0. The maximum Gasteiger partial charge on any atom is 0.241 e. The fourth-order valence-corrected chi connectivity index (χ4v) is 0.321. The smallest absolute Gasteiger partial charge is 0.241 e. The Morgan fingerprint density at radius 1 is 1.00 bits per heavy atom. The lowest BCUT2D eigenvalue weighted by molar-refractivity contribution is 1.56. The van der Waals surface area contributed by atoms with Crippen LogP contribution in [-0.2, 0) is 0 Å². The molecule has 0 saturated heterocycles. The third-order valence-corrected chi connectivity index (χ3v) is 0.775. The summed E-state index contributed by atoms with van der Waals surface area (Å²) in [5, 5.41) is 4.44. The van der Waals surface area contributed by atoms with Crippen molar-refractivity contribution in [3.05, 3.63) is 20.0 Å². The predicted molar refractivity (Wildman–Crippen MR) is 26.0 cm³/mol. The molecule has 0 amide bonds. The van der Waals surface area contributed by atoms with Crippen molar-refractivity contribution in [1.29, 1.82) is 0 Å². The van der Waals surface area contributed by atoms with Gasteiger partial charge in [-0.05, 0) is 10.4 Å². The van der Waals surface area contributed by atoms with Crippen molar-refractivity contribution in [2.24, 2.45) is 10.4 Å². The maximum absolute atomic E-state index is 10.0. The summed E-state index contributed by atoms with van der Waals surface area (Å²) < 4.78 is 0. The second kappa shape index (κ2) is 1.29. The number of hydrogen-bond acceptors (Lipinski definition) is 5. The van der Waals surface area contributed by atoms with Gasteiger partial charge in [-0.25, -0.2) is 0 Å². The van der Waals surface area contributed by atoms with Crippen molar-refractivity contribution in [3.8, 4) is 0 Å². The Balaban J connectivity index is 3.01. The first kappa shape index (κ1) is 4.76. The third-order valence-electron chi connectivity index (χ3n) is 0.775. The van der Waals surface area contributed by atoms with Crippen molar-refractivity contribution in [3.63, 3.8) is 0 Å². The Morgan fingerprint density at radius 2 is 1.38 bits per heavy atom. The summed E-state index contributed by atoms with van der Waals surface area (Å²) in [6, 6.07) is 0. The highest BCUT2D eigenvalue weighted by Gasteiger charge is 2.24. The molecular weight excluding hydrogens is 112 g/mol. The largest absolute Gasteiger partial charge is 0.285 e. The molecule has 0 bridgehead atoms. The van der Waals surface area contributed by atoms with E-state index in [4.69, 9.17) is 0 Å². The van der Waals surface area contributed by atoms with Crippen molar-refractivity contribution >= 4 is 11.4 Å². The van der Waals surface area contributed by atoms with Gasteiger partial charge in [-0.15, -0.1) is 9.81 Å². The van der Waals surface area contributed by atoms with E-state index in [1.165, 1.54) is 0 Å². The van der Waals surface area contributed by atoms with Gasteiger partial charge in [-0.3, -0.25) is 4.79 Å². The van der Waals surface area contributed by atoms with Crippen LogP contribution in [0.1, 0.15) is 0 Å². The predicted octanol–water partition coefficient (Wildman–Crippen LogP) is 0.718. The van der Waals surface area contributed by atoms with Gasteiger partial charge in [0, 0.05) is 0 Å². The molecule has 0 saturated carbocycles. The van der Waals surface area contributed by atoms with Gasteiger partial charge in [0.2, 0.25) is 5.43 Å². The molecule has 1 rings (SSSR count). The molecule has 0 aliphatic heterocycles. The molecule has 1 aromatic rings. The highest BCUT2D eigenvalue weighted by atomic mass is 16.3. The van der Waals surface area contributed by atoms with Crippen LogP contribution in [0.25, 0.3) is 0 Å². The molecule has 1 aromatic carbocycles. The van der Waals surface area contributed by atoms with Crippen LogP contribution in [0.5, 0.6) is 0 Å². The van der Waals surface area contributed by atoms with E-state index in [1.807, 2.05) is 0 Å². The minimum atomic E-state index is -0.630. The lowest BCUT2D eigenvalue weighted by Gasteiger charge is -1.51. The summed E-state index contributed by atoms with van der Waals surface area (Å²) >= 11 is 0. The van der Waals surface area contributed by atoms with Gasteiger partial charge in [0.05, 0.1) is 0 Å². The van der Waals surface area contributed by atoms with Crippen LogP contribution >= 0.6 is 0 Å². The van der Waals surface area contributed by atoms with Crippen LogP contribution in [0.15, 0.2) is 15.1 Å². The molecule has 0 atom stereocenters. The van der Waals surface area contributed by atoms with E-state index >= 15 is 0 Å². The van der Waals surface area contributed by atoms with Crippen molar-refractivity contribution in [2.45, 2.75) is 0 Å². The molecule has 0 unspecified atom stereocenters. The molecule has 0 aliphatic rings. The van der Waals surface area contributed by atoms with Gasteiger partial charge in [-0.2, -0.15) is 0 Å². The van der Waals surface area contributed by atoms with Crippen molar-refractivity contribution in [1.82, 2.24) is 0 Å². The highest BCUT2D eigenvalue weighted by Crippen LogP contribution is 2.28. The van der Waals surface area contributed by atoms with Gasteiger partial charge in [0.25, 0.3) is 0 Å². The average molecular weight is 112 g/mol. The molecule has 0 aliphatic carbocycles. The molecule has 40 valence electrons. The van der Waals surface area contributed by atoms with E-state index in [0.717, 1.165) is 0 Å². The van der Waals surface area contributed by atoms with E-state index in [9.17, 15) is 14.6 Å². The molecule has 8 heavy (non-hydrogen) atoms. The standard InChI is InChI=1S/C3N2O3/c6-3-1(4-7)2(3)5-8. The van der Waals surface area contributed by atoms with Crippen molar-refractivity contribution in [2.75, 3.05) is 0 Å².